The highest BCUT2D eigenvalue weighted by Crippen LogP contribution is 2.16. The molecule has 0 fully saturated rings. The third-order valence-electron chi connectivity index (χ3n) is 1.47. The van der Waals surface area contributed by atoms with Crippen LogP contribution in [0.2, 0.25) is 0 Å². The van der Waals surface area contributed by atoms with Crippen LogP contribution in [0.15, 0.2) is 11.4 Å². The molecule has 0 aliphatic heterocycles. The molecule has 3 nitrogen and oxygen atoms in total. The fourth-order valence-corrected chi connectivity index (χ4v) is 1.65. The molecule has 1 heterocycles. The molecule has 15 heavy (non-hydrogen) atoms. The molecule has 0 bridgehead atoms. The number of amides is 1. The molecule has 7 heteroatoms. The quantitative estimate of drug-likeness (QED) is 0.822. The molecule has 1 N–H and O–H groups in total. The molecule has 0 saturated carbocycles. The molecule has 1 amide bonds. The predicted octanol–water partition coefficient (Wildman–Crippen LogP) is 2.28. The number of thiophene rings is 1. The number of carbonyl (C=O) groups is 1. The van der Waals surface area contributed by atoms with Crippen LogP contribution < -0.4 is 5.48 Å². The molecule has 84 valence electrons. The maximum Gasteiger partial charge on any atom is 0.414 e. The van der Waals surface area contributed by atoms with Gasteiger partial charge in [0.1, 0.15) is 0 Å². The third-order valence-corrected chi connectivity index (χ3v) is 2.48. The maximum atomic E-state index is 11.7. The van der Waals surface area contributed by atoms with Crippen molar-refractivity contribution in [3.63, 3.8) is 0 Å². The lowest BCUT2D eigenvalue weighted by molar-refractivity contribution is -0.184. The molecule has 1 aromatic rings. The summed E-state index contributed by atoms with van der Waals surface area (Å²) in [5.41, 5.74) is 2.44. The average molecular weight is 239 g/mol. The number of hydrogen-bond donors (Lipinski definition) is 1. The van der Waals surface area contributed by atoms with Crippen molar-refractivity contribution >= 4 is 17.2 Å². The number of nitrogens with one attached hydrogen (secondary N) is 1. The van der Waals surface area contributed by atoms with Gasteiger partial charge in [-0.05, 0) is 23.9 Å². The van der Waals surface area contributed by atoms with Crippen LogP contribution in [0.5, 0.6) is 0 Å². The Balaban J connectivity index is 2.41. The summed E-state index contributed by atoms with van der Waals surface area (Å²) in [7, 11) is 0. The third kappa shape index (κ3) is 3.88. The van der Waals surface area contributed by atoms with E-state index in [1.54, 1.807) is 23.9 Å². The van der Waals surface area contributed by atoms with Crippen molar-refractivity contribution in [2.24, 2.45) is 0 Å². The normalized spacial score (nSPS) is 11.5. The molecule has 0 radical (unpaired) electrons. The fourth-order valence-electron chi connectivity index (χ4n) is 0.835. The van der Waals surface area contributed by atoms with E-state index in [4.69, 9.17) is 0 Å². The SMILES string of the molecule is Cc1ccsc1C(=O)NOCC(F)(F)F. The zero-order chi connectivity index (χ0) is 11.5. The van der Waals surface area contributed by atoms with Gasteiger partial charge in [-0.2, -0.15) is 13.2 Å². The second kappa shape index (κ2) is 4.63. The van der Waals surface area contributed by atoms with E-state index < -0.39 is 18.7 Å². The van der Waals surface area contributed by atoms with E-state index in [0.29, 0.717) is 10.4 Å². The van der Waals surface area contributed by atoms with E-state index in [1.807, 2.05) is 0 Å². The number of hydroxylamine groups is 1. The van der Waals surface area contributed by atoms with Gasteiger partial charge in [-0.15, -0.1) is 11.3 Å². The van der Waals surface area contributed by atoms with Gasteiger partial charge in [0, 0.05) is 0 Å². The maximum absolute atomic E-state index is 11.7. The van der Waals surface area contributed by atoms with Crippen molar-refractivity contribution in [2.45, 2.75) is 13.1 Å². The summed E-state index contributed by atoms with van der Waals surface area (Å²) in [5, 5.41) is 1.67. The molecule has 0 aromatic carbocycles. The van der Waals surface area contributed by atoms with E-state index in [1.165, 1.54) is 0 Å². The Labute approximate surface area is 87.8 Å². The zero-order valence-electron chi connectivity index (χ0n) is 7.72. The van der Waals surface area contributed by atoms with Gasteiger partial charge >= 0.3 is 6.18 Å². The summed E-state index contributed by atoms with van der Waals surface area (Å²) >= 11 is 1.14. The van der Waals surface area contributed by atoms with Crippen molar-refractivity contribution in [3.05, 3.63) is 21.9 Å². The Bertz CT molecular complexity index is 348. The van der Waals surface area contributed by atoms with Crippen molar-refractivity contribution in [2.75, 3.05) is 6.61 Å². The van der Waals surface area contributed by atoms with Crippen molar-refractivity contribution in [3.8, 4) is 0 Å². The van der Waals surface area contributed by atoms with Crippen LogP contribution in [0, 0.1) is 6.92 Å². The topological polar surface area (TPSA) is 38.3 Å². The molecule has 0 unspecified atom stereocenters. The summed E-state index contributed by atoms with van der Waals surface area (Å²) < 4.78 is 35.0. The molecule has 0 atom stereocenters. The number of alkyl halides is 3. The number of carbonyl (C=O) groups excluding carboxylic acids is 1. The lowest BCUT2D eigenvalue weighted by Crippen LogP contribution is -2.29. The first-order valence-electron chi connectivity index (χ1n) is 3.93. The van der Waals surface area contributed by atoms with Gasteiger partial charge in [0.2, 0.25) is 0 Å². The van der Waals surface area contributed by atoms with Crippen LogP contribution in [0.4, 0.5) is 13.2 Å². The summed E-state index contributed by atoms with van der Waals surface area (Å²) in [4.78, 5) is 15.6. The fraction of sp³-hybridized carbons (Fsp3) is 0.375. The molecule has 1 aromatic heterocycles. The molecule has 1 rings (SSSR count). The van der Waals surface area contributed by atoms with Gasteiger partial charge in [0.15, 0.2) is 6.61 Å². The second-order valence-corrected chi connectivity index (χ2v) is 3.68. The van der Waals surface area contributed by atoms with E-state index >= 15 is 0 Å². The molecule has 0 aliphatic rings. The number of aryl methyl sites for hydroxylation is 1. The standard InChI is InChI=1S/C8H8F3NO2S/c1-5-2-3-15-6(5)7(13)12-14-4-8(9,10)11/h2-3H,4H2,1H3,(H,12,13). The summed E-state index contributed by atoms with van der Waals surface area (Å²) in [6.07, 6.45) is -4.45. The van der Waals surface area contributed by atoms with Crippen LogP contribution in [0.3, 0.4) is 0 Å². The summed E-state index contributed by atoms with van der Waals surface area (Å²) in [6.45, 7) is 0.193. The molecule has 0 aliphatic carbocycles. The van der Waals surface area contributed by atoms with Gasteiger partial charge in [-0.1, -0.05) is 0 Å². The highest BCUT2D eigenvalue weighted by molar-refractivity contribution is 7.12. The lowest BCUT2D eigenvalue weighted by Gasteiger charge is -2.07. The van der Waals surface area contributed by atoms with E-state index in [0.717, 1.165) is 11.3 Å². The predicted molar refractivity (Wildman–Crippen MR) is 48.5 cm³/mol. The molecular formula is C8H8F3NO2S. The Morgan fingerprint density at radius 2 is 2.27 bits per heavy atom. The van der Waals surface area contributed by atoms with Crippen LogP contribution in [0.25, 0.3) is 0 Å². The van der Waals surface area contributed by atoms with Crippen LogP contribution >= 0.6 is 11.3 Å². The van der Waals surface area contributed by atoms with Crippen LogP contribution in [0.1, 0.15) is 15.2 Å². The lowest BCUT2D eigenvalue weighted by atomic mass is 10.3. The largest absolute Gasteiger partial charge is 0.414 e. The Hall–Kier alpha value is -1.08. The zero-order valence-corrected chi connectivity index (χ0v) is 8.54. The van der Waals surface area contributed by atoms with Crippen molar-refractivity contribution in [1.82, 2.24) is 5.48 Å². The Morgan fingerprint density at radius 1 is 1.60 bits per heavy atom. The minimum absolute atomic E-state index is 0.345. The van der Waals surface area contributed by atoms with Gasteiger partial charge < -0.3 is 0 Å². The highest BCUT2D eigenvalue weighted by Gasteiger charge is 2.28. The first-order valence-corrected chi connectivity index (χ1v) is 4.81. The van der Waals surface area contributed by atoms with E-state index in [2.05, 4.69) is 4.84 Å². The van der Waals surface area contributed by atoms with Crippen LogP contribution in [-0.2, 0) is 4.84 Å². The number of rotatable bonds is 3. The van der Waals surface area contributed by atoms with Gasteiger partial charge in [-0.3, -0.25) is 9.63 Å². The van der Waals surface area contributed by atoms with Gasteiger partial charge in [0.05, 0.1) is 4.88 Å². The van der Waals surface area contributed by atoms with Crippen molar-refractivity contribution in [1.29, 1.82) is 0 Å². The Kier molecular flexibility index (Phi) is 3.70. The summed E-state index contributed by atoms with van der Waals surface area (Å²) in [5.74, 6) is -0.660. The average Bonchev–Trinajstić information content (AvgIpc) is 2.48. The number of hydrogen-bond acceptors (Lipinski definition) is 3. The second-order valence-electron chi connectivity index (χ2n) is 2.77. The highest BCUT2D eigenvalue weighted by atomic mass is 32.1. The van der Waals surface area contributed by atoms with Crippen molar-refractivity contribution < 1.29 is 22.8 Å². The minimum Gasteiger partial charge on any atom is -0.266 e. The van der Waals surface area contributed by atoms with Crippen LogP contribution in [-0.4, -0.2) is 18.7 Å². The molecule has 0 spiro atoms. The summed E-state index contributed by atoms with van der Waals surface area (Å²) in [6, 6.07) is 1.70. The number of halogens is 3. The van der Waals surface area contributed by atoms with Gasteiger partial charge in [0.25, 0.3) is 5.91 Å². The van der Waals surface area contributed by atoms with E-state index in [9.17, 15) is 18.0 Å². The molecular weight excluding hydrogens is 231 g/mol. The van der Waals surface area contributed by atoms with Gasteiger partial charge in [-0.25, -0.2) is 5.48 Å². The first kappa shape index (κ1) is 12.0. The minimum atomic E-state index is -4.45. The molecule has 0 saturated heterocycles. The van der Waals surface area contributed by atoms with E-state index in [-0.39, 0.29) is 0 Å². The first-order chi connectivity index (χ1) is 6.90. The monoisotopic (exact) mass is 239 g/mol. The Morgan fingerprint density at radius 3 is 2.73 bits per heavy atom. The smallest absolute Gasteiger partial charge is 0.266 e.